The molecule has 0 amide bonds. The smallest absolute Gasteiger partial charge is 0.143 e. The maximum atomic E-state index is 6.87. The Kier molecular flexibility index (Phi) is 5.00. The summed E-state index contributed by atoms with van der Waals surface area (Å²) in [7, 11) is 0. The van der Waals surface area contributed by atoms with E-state index in [4.69, 9.17) is 8.83 Å². The third-order valence-electron chi connectivity index (χ3n) is 9.21. The molecule has 0 N–H and O–H groups in total. The van der Waals surface area contributed by atoms with Crippen LogP contribution in [0.1, 0.15) is 0 Å². The fourth-order valence-electron chi connectivity index (χ4n) is 7.23. The summed E-state index contributed by atoms with van der Waals surface area (Å²) in [4.78, 5) is 0. The lowest BCUT2D eigenvalue weighted by Crippen LogP contribution is -1.94. The number of aromatic nitrogens is 1. The second-order valence-corrected chi connectivity index (χ2v) is 11.7. The molecule has 7 aromatic carbocycles. The molecule has 10 aromatic rings. The lowest BCUT2D eigenvalue weighted by atomic mass is 9.99. The molecule has 0 aliphatic carbocycles. The van der Waals surface area contributed by atoms with Gasteiger partial charge in [0.05, 0.1) is 11.0 Å². The van der Waals surface area contributed by atoms with E-state index in [1.807, 2.05) is 12.1 Å². The van der Waals surface area contributed by atoms with E-state index in [1.165, 1.54) is 21.8 Å². The molecule has 3 heteroatoms. The molecule has 0 spiro atoms. The molecule has 3 heterocycles. The van der Waals surface area contributed by atoms with Gasteiger partial charge in [-0.1, -0.05) is 121 Å². The summed E-state index contributed by atoms with van der Waals surface area (Å²) in [5.74, 6) is 0. The lowest BCUT2D eigenvalue weighted by Gasteiger charge is -2.10. The summed E-state index contributed by atoms with van der Waals surface area (Å²) in [5, 5.41) is 6.93. The second-order valence-electron chi connectivity index (χ2n) is 11.7. The summed E-state index contributed by atoms with van der Waals surface area (Å²) in [6, 6.07) is 53.5. The summed E-state index contributed by atoms with van der Waals surface area (Å²) in [5.41, 5.74) is 11.3. The quantitative estimate of drug-likeness (QED) is 0.210. The van der Waals surface area contributed by atoms with Crippen molar-refractivity contribution in [2.24, 2.45) is 0 Å². The molecule has 3 aromatic heterocycles. The highest BCUT2D eigenvalue weighted by Crippen LogP contribution is 2.43. The largest absolute Gasteiger partial charge is 0.455 e. The average molecular weight is 576 g/mol. The third kappa shape index (κ3) is 3.46. The van der Waals surface area contributed by atoms with E-state index in [0.29, 0.717) is 0 Å². The number of rotatable bonds is 3. The van der Waals surface area contributed by atoms with Crippen LogP contribution in [0.3, 0.4) is 0 Å². The molecule has 0 saturated heterocycles. The van der Waals surface area contributed by atoms with Gasteiger partial charge in [-0.05, 0) is 35.9 Å². The van der Waals surface area contributed by atoms with Crippen molar-refractivity contribution >= 4 is 65.7 Å². The summed E-state index contributed by atoms with van der Waals surface area (Å²) in [6.45, 7) is 0. The first kappa shape index (κ1) is 24.4. The number of benzene rings is 7. The number of hydrogen-bond donors (Lipinski definition) is 0. The molecule has 0 saturated carbocycles. The molecule has 0 radical (unpaired) electrons. The Morgan fingerprint density at radius 2 is 0.844 bits per heavy atom. The van der Waals surface area contributed by atoms with Crippen LogP contribution in [0.4, 0.5) is 0 Å². The van der Waals surface area contributed by atoms with Crippen LogP contribution < -0.4 is 0 Å². The Labute approximate surface area is 258 Å². The Morgan fingerprint density at radius 3 is 1.53 bits per heavy atom. The normalized spacial score (nSPS) is 12.0. The van der Waals surface area contributed by atoms with Gasteiger partial charge in [-0.3, -0.25) is 0 Å². The monoisotopic (exact) mass is 575 g/mol. The van der Waals surface area contributed by atoms with Crippen molar-refractivity contribution in [2.45, 2.75) is 0 Å². The predicted octanol–water partition coefficient (Wildman–Crippen LogP) is 11.9. The average Bonchev–Trinajstić information content (AvgIpc) is 3.78. The van der Waals surface area contributed by atoms with Crippen molar-refractivity contribution in [1.82, 2.24) is 4.57 Å². The highest BCUT2D eigenvalue weighted by atomic mass is 16.3. The maximum absolute atomic E-state index is 6.87. The molecule has 210 valence electrons. The molecule has 0 fully saturated rings. The minimum atomic E-state index is 0.867. The number of para-hydroxylation sites is 6. The number of nitrogens with zero attached hydrogens (tertiary/aromatic N) is 1. The Morgan fingerprint density at radius 1 is 0.356 bits per heavy atom. The van der Waals surface area contributed by atoms with Crippen molar-refractivity contribution in [3.63, 3.8) is 0 Å². The van der Waals surface area contributed by atoms with Gasteiger partial charge in [0.25, 0.3) is 0 Å². The predicted molar refractivity (Wildman–Crippen MR) is 186 cm³/mol. The van der Waals surface area contributed by atoms with Gasteiger partial charge in [-0.2, -0.15) is 0 Å². The van der Waals surface area contributed by atoms with E-state index in [-0.39, 0.29) is 0 Å². The summed E-state index contributed by atoms with van der Waals surface area (Å²) < 4.78 is 15.6. The summed E-state index contributed by atoms with van der Waals surface area (Å²) in [6.07, 6.45) is 0. The molecule has 0 aliphatic heterocycles. The zero-order valence-electron chi connectivity index (χ0n) is 24.2. The van der Waals surface area contributed by atoms with Crippen LogP contribution in [0.2, 0.25) is 0 Å². The van der Waals surface area contributed by atoms with Crippen molar-refractivity contribution < 1.29 is 8.83 Å². The van der Waals surface area contributed by atoms with Crippen molar-refractivity contribution in [3.05, 3.63) is 152 Å². The van der Waals surface area contributed by atoms with Gasteiger partial charge in [-0.15, -0.1) is 0 Å². The SMILES string of the molecule is c1cc(-c2cccc3c2oc2c(-c4cccc5c4oc4ccccc45)cccc23)cc(-n2c3ccccc3c3ccccc32)c1. The van der Waals surface area contributed by atoms with Gasteiger partial charge in [0.2, 0.25) is 0 Å². The molecular formula is C42H25NO2. The molecule has 0 aliphatic rings. The molecule has 10 rings (SSSR count). The molecule has 3 nitrogen and oxygen atoms in total. The van der Waals surface area contributed by atoms with Crippen LogP contribution in [0.15, 0.2) is 160 Å². The second kappa shape index (κ2) is 9.22. The van der Waals surface area contributed by atoms with E-state index in [9.17, 15) is 0 Å². The molecule has 0 unspecified atom stereocenters. The van der Waals surface area contributed by atoms with Gasteiger partial charge in [0, 0.05) is 54.7 Å². The van der Waals surface area contributed by atoms with Crippen LogP contribution in [-0.2, 0) is 0 Å². The van der Waals surface area contributed by atoms with E-state index in [0.717, 1.165) is 71.8 Å². The minimum absolute atomic E-state index is 0.867. The maximum Gasteiger partial charge on any atom is 0.143 e. The molecular weight excluding hydrogens is 550 g/mol. The zero-order valence-corrected chi connectivity index (χ0v) is 24.2. The van der Waals surface area contributed by atoms with Crippen molar-refractivity contribution in [3.8, 4) is 27.9 Å². The zero-order chi connectivity index (χ0) is 29.5. The first-order valence-corrected chi connectivity index (χ1v) is 15.3. The van der Waals surface area contributed by atoms with Gasteiger partial charge in [-0.25, -0.2) is 0 Å². The van der Waals surface area contributed by atoms with E-state index >= 15 is 0 Å². The van der Waals surface area contributed by atoms with Crippen molar-refractivity contribution in [1.29, 1.82) is 0 Å². The molecule has 0 bridgehead atoms. The van der Waals surface area contributed by atoms with Crippen LogP contribution in [0.5, 0.6) is 0 Å². The standard InChI is InChI=1S/C42H25NO2/c1-4-22-37-29(13-1)30-14-2-5-23-38(30)43(37)27-12-7-11-26(25-27)28-16-8-18-33-35-20-10-21-36(42(35)45-40(28)33)34-19-9-17-32-31-15-3-6-24-39(31)44-41(32)34/h1-25H. The fraction of sp³-hybridized carbons (Fsp3) is 0. The molecule has 0 atom stereocenters. The Bertz CT molecular complexity index is 2720. The van der Waals surface area contributed by atoms with Gasteiger partial charge < -0.3 is 13.4 Å². The summed E-state index contributed by atoms with van der Waals surface area (Å²) >= 11 is 0. The van der Waals surface area contributed by atoms with Crippen LogP contribution in [0, 0.1) is 0 Å². The van der Waals surface area contributed by atoms with Gasteiger partial charge in [0.1, 0.15) is 22.3 Å². The highest BCUT2D eigenvalue weighted by molar-refractivity contribution is 6.16. The van der Waals surface area contributed by atoms with Crippen LogP contribution >= 0.6 is 0 Å². The van der Waals surface area contributed by atoms with E-state index in [1.54, 1.807) is 0 Å². The minimum Gasteiger partial charge on any atom is -0.455 e. The van der Waals surface area contributed by atoms with E-state index < -0.39 is 0 Å². The Hall–Kier alpha value is -6.06. The first-order valence-electron chi connectivity index (χ1n) is 15.3. The van der Waals surface area contributed by atoms with Gasteiger partial charge >= 0.3 is 0 Å². The van der Waals surface area contributed by atoms with Crippen LogP contribution in [-0.4, -0.2) is 4.57 Å². The highest BCUT2D eigenvalue weighted by Gasteiger charge is 2.19. The topological polar surface area (TPSA) is 31.2 Å². The lowest BCUT2D eigenvalue weighted by molar-refractivity contribution is 0.665. The third-order valence-corrected chi connectivity index (χ3v) is 9.21. The fourth-order valence-corrected chi connectivity index (χ4v) is 7.23. The Balaban J connectivity index is 1.19. The van der Waals surface area contributed by atoms with E-state index in [2.05, 4.69) is 144 Å². The van der Waals surface area contributed by atoms with Crippen LogP contribution in [0.25, 0.3) is 93.6 Å². The van der Waals surface area contributed by atoms with Gasteiger partial charge in [0.15, 0.2) is 0 Å². The number of furan rings is 2. The molecule has 45 heavy (non-hydrogen) atoms. The number of fused-ring (bicyclic) bond motifs is 9. The number of hydrogen-bond acceptors (Lipinski definition) is 2. The first-order chi connectivity index (χ1) is 22.3. The van der Waals surface area contributed by atoms with Crippen molar-refractivity contribution in [2.75, 3.05) is 0 Å².